The highest BCUT2D eigenvalue weighted by atomic mass is 32.2. The maximum absolute atomic E-state index is 11.4. The van der Waals surface area contributed by atoms with Crippen molar-refractivity contribution in [2.45, 2.75) is 0 Å². The summed E-state index contributed by atoms with van der Waals surface area (Å²) in [6.07, 6.45) is 5.06. The van der Waals surface area contributed by atoms with Gasteiger partial charge in [-0.2, -0.15) is 0 Å². The average Bonchev–Trinajstić information content (AvgIpc) is 2.45. The number of ketones is 1. The van der Waals surface area contributed by atoms with E-state index in [-0.39, 0.29) is 18.4 Å². The van der Waals surface area contributed by atoms with Crippen molar-refractivity contribution in [3.05, 3.63) is 41.5 Å². The van der Waals surface area contributed by atoms with Crippen LogP contribution in [0.2, 0.25) is 0 Å². The van der Waals surface area contributed by atoms with Gasteiger partial charge in [-0.25, -0.2) is 4.79 Å². The summed E-state index contributed by atoms with van der Waals surface area (Å²) in [5, 5.41) is 0. The highest BCUT2D eigenvalue weighted by Crippen LogP contribution is 2.07. The smallest absolute Gasteiger partial charge is 0.337 e. The molecule has 0 saturated carbocycles. The van der Waals surface area contributed by atoms with Gasteiger partial charge in [0.2, 0.25) is 0 Å². The fourth-order valence-electron chi connectivity index (χ4n) is 1.31. The van der Waals surface area contributed by atoms with Crippen molar-refractivity contribution >= 4 is 29.6 Å². The van der Waals surface area contributed by atoms with Crippen molar-refractivity contribution < 1.29 is 19.1 Å². The van der Waals surface area contributed by atoms with E-state index in [1.54, 1.807) is 30.3 Å². The zero-order valence-electron chi connectivity index (χ0n) is 10.9. The molecule has 102 valence electrons. The summed E-state index contributed by atoms with van der Waals surface area (Å²) < 4.78 is 9.70. The molecule has 0 unspecified atom stereocenters. The summed E-state index contributed by atoms with van der Waals surface area (Å²) in [5.74, 6) is 0.0381. The van der Waals surface area contributed by atoms with Gasteiger partial charge < -0.3 is 9.47 Å². The van der Waals surface area contributed by atoms with Crippen LogP contribution in [0.15, 0.2) is 30.3 Å². The molecule has 5 heteroatoms. The zero-order valence-corrected chi connectivity index (χ0v) is 11.7. The molecule has 0 radical (unpaired) electrons. The maximum atomic E-state index is 11.4. The summed E-state index contributed by atoms with van der Waals surface area (Å²) >= 11 is 1.52. The van der Waals surface area contributed by atoms with E-state index in [1.807, 2.05) is 6.26 Å². The summed E-state index contributed by atoms with van der Waals surface area (Å²) in [6, 6.07) is 6.80. The number of thioether (sulfide) groups is 1. The van der Waals surface area contributed by atoms with Crippen LogP contribution in [0.4, 0.5) is 0 Å². The predicted molar refractivity (Wildman–Crippen MR) is 76.2 cm³/mol. The maximum Gasteiger partial charge on any atom is 0.337 e. The van der Waals surface area contributed by atoms with Crippen LogP contribution in [0.1, 0.15) is 15.9 Å². The number of methoxy groups -OCH3 is 1. The van der Waals surface area contributed by atoms with Gasteiger partial charge in [-0.15, -0.1) is 11.8 Å². The Hall–Kier alpha value is -1.59. The van der Waals surface area contributed by atoms with E-state index in [2.05, 4.69) is 4.74 Å². The standard InChI is InChI=1S/C14H16O4S/c1-17-14(16)12-6-3-11(4-7-12)5-8-13(15)9-18-10-19-2/h3-8H,9-10H2,1-2H3/b8-5+. The Labute approximate surface area is 116 Å². The lowest BCUT2D eigenvalue weighted by Crippen LogP contribution is -2.04. The van der Waals surface area contributed by atoms with E-state index in [1.165, 1.54) is 24.9 Å². The van der Waals surface area contributed by atoms with Gasteiger partial charge in [0.15, 0.2) is 5.78 Å². The predicted octanol–water partition coefficient (Wildman–Crippen LogP) is 2.39. The SMILES string of the molecule is COC(=O)c1ccc(/C=C/C(=O)COCSC)cc1. The van der Waals surface area contributed by atoms with Crippen molar-refractivity contribution in [1.29, 1.82) is 0 Å². The van der Waals surface area contributed by atoms with Crippen molar-refractivity contribution in [1.82, 2.24) is 0 Å². The number of carbonyl (C=O) groups excluding carboxylic acids is 2. The Bertz CT molecular complexity index is 451. The van der Waals surface area contributed by atoms with Gasteiger partial charge >= 0.3 is 5.97 Å². The fraction of sp³-hybridized carbons (Fsp3) is 0.286. The molecule has 0 aliphatic carbocycles. The first-order valence-corrected chi connectivity index (χ1v) is 7.02. The minimum atomic E-state index is -0.378. The Kier molecular flexibility index (Phi) is 6.92. The molecule has 0 bridgehead atoms. The fourth-order valence-corrected chi connectivity index (χ4v) is 1.56. The van der Waals surface area contributed by atoms with Gasteiger partial charge in [0.25, 0.3) is 0 Å². The summed E-state index contributed by atoms with van der Waals surface area (Å²) in [5.41, 5.74) is 1.32. The molecule has 0 amide bonds. The molecular weight excluding hydrogens is 264 g/mol. The minimum absolute atomic E-state index is 0.0809. The van der Waals surface area contributed by atoms with Crippen LogP contribution in [0, 0.1) is 0 Å². The van der Waals surface area contributed by atoms with Crippen LogP contribution >= 0.6 is 11.8 Å². The lowest BCUT2D eigenvalue weighted by atomic mass is 10.1. The first-order valence-electron chi connectivity index (χ1n) is 5.63. The van der Waals surface area contributed by atoms with E-state index in [9.17, 15) is 9.59 Å². The number of ether oxygens (including phenoxy) is 2. The number of esters is 1. The van der Waals surface area contributed by atoms with Crippen LogP contribution < -0.4 is 0 Å². The minimum Gasteiger partial charge on any atom is -0.465 e. The van der Waals surface area contributed by atoms with Gasteiger partial charge in [-0.3, -0.25) is 4.79 Å². The quantitative estimate of drug-likeness (QED) is 0.332. The summed E-state index contributed by atoms with van der Waals surface area (Å²) in [4.78, 5) is 22.6. The third-order valence-electron chi connectivity index (χ3n) is 2.24. The molecule has 0 saturated heterocycles. The molecule has 0 N–H and O–H groups in total. The van der Waals surface area contributed by atoms with Crippen LogP contribution in [0.25, 0.3) is 6.08 Å². The Balaban J connectivity index is 2.53. The molecule has 0 fully saturated rings. The number of carbonyl (C=O) groups is 2. The number of benzene rings is 1. The van der Waals surface area contributed by atoms with E-state index < -0.39 is 0 Å². The van der Waals surface area contributed by atoms with Crippen molar-refractivity contribution in [2.75, 3.05) is 25.9 Å². The molecule has 1 rings (SSSR count). The Morgan fingerprint density at radius 3 is 2.53 bits per heavy atom. The van der Waals surface area contributed by atoms with Crippen LogP contribution in [0.3, 0.4) is 0 Å². The van der Waals surface area contributed by atoms with Crippen LogP contribution in [-0.2, 0) is 14.3 Å². The highest BCUT2D eigenvalue weighted by molar-refractivity contribution is 7.98. The molecule has 0 atom stereocenters. The van der Waals surface area contributed by atoms with Gasteiger partial charge in [-0.1, -0.05) is 18.2 Å². The second-order valence-corrected chi connectivity index (χ2v) is 4.48. The molecule has 0 spiro atoms. The van der Waals surface area contributed by atoms with E-state index in [4.69, 9.17) is 4.74 Å². The third-order valence-corrected chi connectivity index (χ3v) is 2.64. The van der Waals surface area contributed by atoms with E-state index in [0.29, 0.717) is 11.5 Å². The summed E-state index contributed by atoms with van der Waals surface area (Å²) in [6.45, 7) is 0.0809. The molecule has 1 aromatic carbocycles. The summed E-state index contributed by atoms with van der Waals surface area (Å²) in [7, 11) is 1.34. The van der Waals surface area contributed by atoms with Crippen LogP contribution in [0.5, 0.6) is 0 Å². The Morgan fingerprint density at radius 1 is 1.26 bits per heavy atom. The van der Waals surface area contributed by atoms with Gasteiger partial charge in [-0.05, 0) is 30.0 Å². The van der Waals surface area contributed by atoms with Gasteiger partial charge in [0.05, 0.1) is 18.6 Å². The highest BCUT2D eigenvalue weighted by Gasteiger charge is 2.03. The first kappa shape index (κ1) is 15.5. The molecule has 0 aliphatic rings. The molecular formula is C14H16O4S. The number of rotatable bonds is 7. The molecule has 0 heterocycles. The normalized spacial score (nSPS) is 10.6. The van der Waals surface area contributed by atoms with E-state index in [0.717, 1.165) is 5.56 Å². The van der Waals surface area contributed by atoms with Crippen LogP contribution in [-0.4, -0.2) is 37.7 Å². The van der Waals surface area contributed by atoms with Crippen molar-refractivity contribution in [3.8, 4) is 0 Å². The van der Waals surface area contributed by atoms with E-state index >= 15 is 0 Å². The number of hydrogen-bond donors (Lipinski definition) is 0. The Morgan fingerprint density at radius 2 is 1.95 bits per heavy atom. The molecule has 1 aromatic rings. The number of hydrogen-bond acceptors (Lipinski definition) is 5. The molecule has 0 aromatic heterocycles. The molecule has 4 nitrogen and oxygen atoms in total. The average molecular weight is 280 g/mol. The largest absolute Gasteiger partial charge is 0.465 e. The lowest BCUT2D eigenvalue weighted by Gasteiger charge is -1.99. The second-order valence-electron chi connectivity index (χ2n) is 3.67. The second kappa shape index (κ2) is 8.50. The first-order chi connectivity index (χ1) is 9.17. The zero-order chi connectivity index (χ0) is 14.1. The third kappa shape index (κ3) is 5.72. The van der Waals surface area contributed by atoms with Gasteiger partial charge in [0.1, 0.15) is 6.61 Å². The molecule has 19 heavy (non-hydrogen) atoms. The lowest BCUT2D eigenvalue weighted by molar-refractivity contribution is -0.118. The monoisotopic (exact) mass is 280 g/mol. The van der Waals surface area contributed by atoms with Crippen molar-refractivity contribution in [2.24, 2.45) is 0 Å². The topological polar surface area (TPSA) is 52.6 Å². The van der Waals surface area contributed by atoms with Crippen molar-refractivity contribution in [3.63, 3.8) is 0 Å². The molecule has 0 aliphatic heterocycles. The van der Waals surface area contributed by atoms with Gasteiger partial charge in [0, 0.05) is 0 Å².